The molecule has 11 heteroatoms. The summed E-state index contributed by atoms with van der Waals surface area (Å²) in [6, 6.07) is 5.66. The summed E-state index contributed by atoms with van der Waals surface area (Å²) in [5, 5.41) is 15.8. The molecule has 4 aromatic heterocycles. The van der Waals surface area contributed by atoms with Crippen LogP contribution in [-0.2, 0) is 0 Å². The minimum absolute atomic E-state index is 0.121. The first kappa shape index (κ1) is 22.1. The van der Waals surface area contributed by atoms with Crippen LogP contribution in [0.15, 0.2) is 42.1 Å². The maximum Gasteiger partial charge on any atom is 0.166 e. The lowest BCUT2D eigenvalue weighted by Gasteiger charge is -2.23. The van der Waals surface area contributed by atoms with Crippen LogP contribution in [0.4, 0.5) is 10.2 Å². The number of rotatable bonds is 6. The molecule has 0 bridgehead atoms. The van der Waals surface area contributed by atoms with Gasteiger partial charge in [0.05, 0.1) is 30.4 Å². The van der Waals surface area contributed by atoms with E-state index in [0.717, 1.165) is 37.3 Å². The molecule has 1 aliphatic rings. The van der Waals surface area contributed by atoms with Crippen LogP contribution in [0, 0.1) is 26.6 Å². The number of hydrogen-bond acceptors (Lipinski definition) is 7. The van der Waals surface area contributed by atoms with Crippen molar-refractivity contribution in [3.63, 3.8) is 0 Å². The van der Waals surface area contributed by atoms with E-state index in [9.17, 15) is 9.65 Å². The van der Waals surface area contributed by atoms with Crippen molar-refractivity contribution in [2.45, 2.75) is 23.9 Å². The molecule has 0 saturated carbocycles. The number of thioether (sulfide) groups is 1. The fourth-order valence-electron chi connectivity index (χ4n) is 4.41. The van der Waals surface area contributed by atoms with Crippen LogP contribution in [0.1, 0.15) is 18.9 Å². The number of nitriles is 1. The first-order valence-corrected chi connectivity index (χ1v) is 12.7. The van der Waals surface area contributed by atoms with E-state index in [1.807, 2.05) is 34.3 Å². The van der Waals surface area contributed by atoms with Gasteiger partial charge in [0.2, 0.25) is 0 Å². The lowest BCUT2D eigenvalue weighted by molar-refractivity contribution is 0.331. The first-order chi connectivity index (χ1) is 16.1. The van der Waals surface area contributed by atoms with E-state index in [2.05, 4.69) is 53.7 Å². The van der Waals surface area contributed by atoms with Crippen molar-refractivity contribution in [1.82, 2.24) is 29.7 Å². The summed E-state index contributed by atoms with van der Waals surface area (Å²) in [5.74, 6) is 0.221. The monoisotopic (exact) mass is 574 g/mol. The number of aromatic amines is 1. The van der Waals surface area contributed by atoms with E-state index < -0.39 is 0 Å². The summed E-state index contributed by atoms with van der Waals surface area (Å²) in [4.78, 5) is 18.3. The van der Waals surface area contributed by atoms with Crippen LogP contribution >= 0.6 is 34.4 Å². The molecule has 0 unspecified atom stereocenters. The number of halogens is 2. The molecule has 0 radical (unpaired) electrons. The summed E-state index contributed by atoms with van der Waals surface area (Å²) in [6.45, 7) is 1.31. The molecule has 33 heavy (non-hydrogen) atoms. The van der Waals surface area contributed by atoms with Gasteiger partial charge in [0, 0.05) is 45.9 Å². The number of H-pyrrole nitrogens is 1. The van der Waals surface area contributed by atoms with Crippen LogP contribution in [-0.4, -0.2) is 49.1 Å². The Balaban J connectivity index is 1.41. The van der Waals surface area contributed by atoms with Gasteiger partial charge in [-0.2, -0.15) is 10.4 Å². The molecule has 0 aliphatic carbocycles. The predicted molar refractivity (Wildman–Crippen MR) is 133 cm³/mol. The van der Waals surface area contributed by atoms with Crippen LogP contribution in [0.25, 0.3) is 22.3 Å². The summed E-state index contributed by atoms with van der Waals surface area (Å²) < 4.78 is 17.4. The highest BCUT2D eigenvalue weighted by molar-refractivity contribution is 14.1. The Hall–Kier alpha value is -2.72. The molecular formula is C22H20FIN8S. The quantitative estimate of drug-likeness (QED) is 0.264. The van der Waals surface area contributed by atoms with Crippen molar-refractivity contribution in [1.29, 1.82) is 5.26 Å². The summed E-state index contributed by atoms with van der Waals surface area (Å²) in [7, 11) is 0. The van der Waals surface area contributed by atoms with Crippen molar-refractivity contribution < 1.29 is 4.39 Å². The second-order valence-corrected chi connectivity index (χ2v) is 9.84. The molecular weight excluding hydrogens is 554 g/mol. The van der Waals surface area contributed by atoms with Crippen molar-refractivity contribution >= 4 is 51.2 Å². The van der Waals surface area contributed by atoms with Crippen molar-refractivity contribution in [2.24, 2.45) is 5.92 Å². The average molecular weight is 574 g/mol. The van der Waals surface area contributed by atoms with Gasteiger partial charge in [0.15, 0.2) is 11.6 Å². The second kappa shape index (κ2) is 9.26. The Labute approximate surface area is 207 Å². The number of hydrogen-bond donors (Lipinski definition) is 1. The van der Waals surface area contributed by atoms with Gasteiger partial charge >= 0.3 is 0 Å². The number of aromatic nitrogens is 6. The molecule has 0 spiro atoms. The minimum Gasteiger partial charge on any atom is -0.354 e. The Morgan fingerprint density at radius 3 is 3.12 bits per heavy atom. The van der Waals surface area contributed by atoms with Gasteiger partial charge in [-0.15, -0.1) is 11.8 Å². The highest BCUT2D eigenvalue weighted by atomic mass is 127. The molecule has 1 aliphatic heterocycles. The Morgan fingerprint density at radius 2 is 2.30 bits per heavy atom. The van der Waals surface area contributed by atoms with E-state index in [1.54, 1.807) is 6.20 Å². The molecule has 1 fully saturated rings. The largest absolute Gasteiger partial charge is 0.354 e. The number of nitrogens with one attached hydrogen (secondary N) is 1. The third kappa shape index (κ3) is 4.17. The molecule has 168 valence electrons. The molecule has 0 amide bonds. The highest BCUT2D eigenvalue weighted by Crippen LogP contribution is 2.35. The van der Waals surface area contributed by atoms with Gasteiger partial charge in [0.25, 0.3) is 0 Å². The Kier molecular flexibility index (Phi) is 6.20. The molecule has 2 atom stereocenters. The lowest BCUT2D eigenvalue weighted by Crippen LogP contribution is -2.26. The van der Waals surface area contributed by atoms with E-state index in [-0.39, 0.29) is 17.8 Å². The average Bonchev–Trinajstić information content (AvgIpc) is 3.58. The van der Waals surface area contributed by atoms with Gasteiger partial charge in [-0.1, -0.05) is 0 Å². The van der Waals surface area contributed by atoms with Gasteiger partial charge < -0.3 is 9.88 Å². The normalized spacial score (nSPS) is 16.9. The Morgan fingerprint density at radius 1 is 1.42 bits per heavy atom. The maximum atomic E-state index is 14.7. The minimum atomic E-state index is -0.310. The van der Waals surface area contributed by atoms with E-state index in [0.29, 0.717) is 25.3 Å². The van der Waals surface area contributed by atoms with Crippen LogP contribution in [0.2, 0.25) is 0 Å². The lowest BCUT2D eigenvalue weighted by atomic mass is 9.96. The Bertz CT molecular complexity index is 1350. The third-order valence-corrected chi connectivity index (χ3v) is 7.90. The molecule has 8 nitrogen and oxygen atoms in total. The maximum absolute atomic E-state index is 14.7. The van der Waals surface area contributed by atoms with Crippen molar-refractivity contribution in [3.05, 3.63) is 46.4 Å². The molecule has 5 rings (SSSR count). The first-order valence-electron chi connectivity index (χ1n) is 10.4. The van der Waals surface area contributed by atoms with E-state index in [1.165, 1.54) is 24.2 Å². The number of nitrogens with zero attached hydrogens (tertiary/aromatic N) is 7. The van der Waals surface area contributed by atoms with E-state index >= 15 is 0 Å². The molecule has 5 heterocycles. The fraction of sp³-hybridized carbons (Fsp3) is 0.318. The summed E-state index contributed by atoms with van der Waals surface area (Å²) in [5.41, 5.74) is 2.44. The molecule has 1 saturated heterocycles. The predicted octanol–water partition coefficient (Wildman–Crippen LogP) is 4.66. The summed E-state index contributed by atoms with van der Waals surface area (Å²) >= 11 is 3.62. The fourth-order valence-corrected chi connectivity index (χ4v) is 5.90. The molecule has 4 aromatic rings. The van der Waals surface area contributed by atoms with Crippen LogP contribution in [0.5, 0.6) is 0 Å². The zero-order valence-electron chi connectivity index (χ0n) is 17.7. The standard InChI is InChI=1S/C22H20FIN8S/c1-33-22-17(24)8-16(23)21(30-22)31-7-4-13(10-31)18(2-5-25)32-11-14(9-29-32)19-15-3-6-26-20(15)28-12-27-19/h3,6,8-9,11-13,18H,2,4,7,10H2,1H3,(H,26,27,28)/t13-,18-/m0/s1. The smallest absolute Gasteiger partial charge is 0.166 e. The topological polar surface area (TPSA) is 99.3 Å². The summed E-state index contributed by atoms with van der Waals surface area (Å²) in [6.07, 6.45) is 10.2. The van der Waals surface area contributed by atoms with Crippen LogP contribution in [0.3, 0.4) is 0 Å². The van der Waals surface area contributed by atoms with Crippen molar-refractivity contribution in [3.8, 4) is 17.3 Å². The number of pyridine rings is 1. The number of fused-ring (bicyclic) bond motifs is 1. The van der Waals surface area contributed by atoms with Crippen LogP contribution < -0.4 is 4.90 Å². The van der Waals surface area contributed by atoms with Gasteiger partial charge in [-0.3, -0.25) is 4.68 Å². The van der Waals surface area contributed by atoms with E-state index in [4.69, 9.17) is 0 Å². The molecule has 0 aromatic carbocycles. The SMILES string of the molecule is CSc1nc(N2CC[C@H]([C@H](CC#N)n3cc(-c4ncnc5[nH]ccc45)cn3)C2)c(F)cc1I. The second-order valence-electron chi connectivity index (χ2n) is 7.88. The van der Waals surface area contributed by atoms with Gasteiger partial charge in [0.1, 0.15) is 17.0 Å². The third-order valence-electron chi connectivity index (χ3n) is 6.01. The van der Waals surface area contributed by atoms with Gasteiger partial charge in [-0.25, -0.2) is 19.3 Å². The molecule has 1 N–H and O–H groups in total. The zero-order chi connectivity index (χ0) is 22.9. The van der Waals surface area contributed by atoms with Gasteiger partial charge in [-0.05, 0) is 47.4 Å². The number of anilines is 1. The highest BCUT2D eigenvalue weighted by Gasteiger charge is 2.33. The van der Waals surface area contributed by atoms with Crippen molar-refractivity contribution in [2.75, 3.05) is 24.2 Å². The zero-order valence-corrected chi connectivity index (χ0v) is 20.7.